The average Bonchev–Trinajstić information content (AvgIpc) is 3.19. The molecule has 4 aromatic rings. The normalized spacial score (nSPS) is 15.3. The van der Waals surface area contributed by atoms with Crippen molar-refractivity contribution in [3.63, 3.8) is 0 Å². The number of para-hydroxylation sites is 1. The Bertz CT molecular complexity index is 1250. The first kappa shape index (κ1) is 19.4. The van der Waals surface area contributed by atoms with Crippen LogP contribution in [0.15, 0.2) is 78.9 Å². The van der Waals surface area contributed by atoms with E-state index in [2.05, 4.69) is 5.32 Å². The van der Waals surface area contributed by atoms with Crippen molar-refractivity contribution in [2.75, 3.05) is 12.4 Å². The zero-order valence-corrected chi connectivity index (χ0v) is 17.6. The summed E-state index contributed by atoms with van der Waals surface area (Å²) in [5.41, 5.74) is 4.64. The van der Waals surface area contributed by atoms with E-state index in [4.69, 9.17) is 21.4 Å². The van der Waals surface area contributed by atoms with Crippen LogP contribution in [0.2, 0.25) is 5.02 Å². The summed E-state index contributed by atoms with van der Waals surface area (Å²) in [5, 5.41) is 8.67. The number of methoxy groups -OCH3 is 1. The fraction of sp³-hybridized carbons (Fsp3) is 0.120. The highest BCUT2D eigenvalue weighted by molar-refractivity contribution is 6.30. The molecule has 0 saturated heterocycles. The lowest BCUT2D eigenvalue weighted by molar-refractivity contribution is -0.116. The van der Waals surface area contributed by atoms with Gasteiger partial charge in [0.05, 0.1) is 18.5 Å². The SMILES string of the molecule is COc1cccc(C2CC(=O)Nc3c2c(-c2ccc(Cl)cc2)nn3-c2ccccc2)c1. The zero-order chi connectivity index (χ0) is 21.4. The molecule has 1 atom stereocenters. The quantitative estimate of drug-likeness (QED) is 0.454. The summed E-state index contributed by atoms with van der Waals surface area (Å²) in [7, 11) is 1.64. The molecule has 0 radical (unpaired) electrons. The molecule has 31 heavy (non-hydrogen) atoms. The molecule has 1 aromatic heterocycles. The van der Waals surface area contributed by atoms with E-state index in [9.17, 15) is 4.79 Å². The van der Waals surface area contributed by atoms with Gasteiger partial charge in [0.2, 0.25) is 5.91 Å². The molecule has 3 aromatic carbocycles. The number of nitrogens with zero attached hydrogens (tertiary/aromatic N) is 2. The van der Waals surface area contributed by atoms with E-state index in [0.29, 0.717) is 17.3 Å². The molecular formula is C25H20ClN3O2. The minimum atomic E-state index is -0.151. The van der Waals surface area contributed by atoms with E-state index in [0.717, 1.165) is 33.8 Å². The molecule has 0 bridgehead atoms. The van der Waals surface area contributed by atoms with Crippen LogP contribution in [0.5, 0.6) is 5.75 Å². The lowest BCUT2D eigenvalue weighted by atomic mass is 9.84. The summed E-state index contributed by atoms with van der Waals surface area (Å²) in [6.45, 7) is 0. The van der Waals surface area contributed by atoms with Crippen molar-refractivity contribution >= 4 is 23.3 Å². The second-order valence-corrected chi connectivity index (χ2v) is 7.88. The van der Waals surface area contributed by atoms with Gasteiger partial charge in [-0.1, -0.05) is 54.1 Å². The number of nitrogens with one attached hydrogen (secondary N) is 1. The maximum absolute atomic E-state index is 12.7. The summed E-state index contributed by atoms with van der Waals surface area (Å²) >= 11 is 6.12. The summed E-state index contributed by atoms with van der Waals surface area (Å²) in [5.74, 6) is 1.26. The van der Waals surface area contributed by atoms with Crippen molar-refractivity contribution < 1.29 is 9.53 Å². The highest BCUT2D eigenvalue weighted by Crippen LogP contribution is 2.44. The van der Waals surface area contributed by atoms with Gasteiger partial charge in [-0.3, -0.25) is 4.79 Å². The molecule has 0 saturated carbocycles. The Morgan fingerprint density at radius 2 is 1.81 bits per heavy atom. The van der Waals surface area contributed by atoms with E-state index < -0.39 is 0 Å². The van der Waals surface area contributed by atoms with Gasteiger partial charge in [0.1, 0.15) is 11.6 Å². The van der Waals surface area contributed by atoms with Crippen molar-refractivity contribution in [2.24, 2.45) is 0 Å². The van der Waals surface area contributed by atoms with E-state index in [-0.39, 0.29) is 11.8 Å². The van der Waals surface area contributed by atoms with E-state index >= 15 is 0 Å². The van der Waals surface area contributed by atoms with Crippen molar-refractivity contribution in [3.8, 4) is 22.7 Å². The summed E-state index contributed by atoms with van der Waals surface area (Å²) < 4.78 is 7.24. The largest absolute Gasteiger partial charge is 0.497 e. The average molecular weight is 430 g/mol. The predicted octanol–water partition coefficient (Wildman–Crippen LogP) is 5.68. The molecule has 1 unspecified atom stereocenters. The smallest absolute Gasteiger partial charge is 0.226 e. The number of amides is 1. The van der Waals surface area contributed by atoms with Gasteiger partial charge < -0.3 is 10.1 Å². The second-order valence-electron chi connectivity index (χ2n) is 7.45. The number of anilines is 1. The lowest BCUT2D eigenvalue weighted by Crippen LogP contribution is -2.24. The number of carbonyl (C=O) groups is 1. The van der Waals surface area contributed by atoms with Gasteiger partial charge >= 0.3 is 0 Å². The Morgan fingerprint density at radius 3 is 2.55 bits per heavy atom. The van der Waals surface area contributed by atoms with Gasteiger partial charge in [-0.15, -0.1) is 0 Å². The van der Waals surface area contributed by atoms with Crippen LogP contribution >= 0.6 is 11.6 Å². The number of benzene rings is 3. The molecule has 6 heteroatoms. The molecule has 1 aliphatic rings. The number of carbonyl (C=O) groups excluding carboxylic acids is 1. The van der Waals surface area contributed by atoms with Crippen LogP contribution in [0.1, 0.15) is 23.5 Å². The Hall–Kier alpha value is -3.57. The van der Waals surface area contributed by atoms with Crippen molar-refractivity contribution in [1.29, 1.82) is 0 Å². The van der Waals surface area contributed by atoms with Crippen LogP contribution in [0.4, 0.5) is 5.82 Å². The van der Waals surface area contributed by atoms with Gasteiger partial charge in [0.25, 0.3) is 0 Å². The molecule has 0 aliphatic carbocycles. The first-order valence-electron chi connectivity index (χ1n) is 10.0. The first-order chi connectivity index (χ1) is 15.1. The highest BCUT2D eigenvalue weighted by atomic mass is 35.5. The Kier molecular flexibility index (Phi) is 4.96. The maximum Gasteiger partial charge on any atom is 0.226 e. The summed E-state index contributed by atoms with van der Waals surface area (Å²) in [4.78, 5) is 12.7. The van der Waals surface area contributed by atoms with Crippen LogP contribution in [-0.4, -0.2) is 22.8 Å². The second kappa shape index (κ2) is 7.93. The van der Waals surface area contributed by atoms with E-state index in [1.54, 1.807) is 7.11 Å². The molecule has 1 amide bonds. The fourth-order valence-electron chi connectivity index (χ4n) is 4.07. The molecular weight excluding hydrogens is 410 g/mol. The van der Waals surface area contributed by atoms with Gasteiger partial charge in [-0.05, 0) is 42.0 Å². The van der Waals surface area contributed by atoms with Crippen LogP contribution in [0.3, 0.4) is 0 Å². The number of hydrogen-bond acceptors (Lipinski definition) is 3. The van der Waals surface area contributed by atoms with Crippen LogP contribution in [0.25, 0.3) is 16.9 Å². The molecule has 5 rings (SSSR count). The van der Waals surface area contributed by atoms with Crippen LogP contribution in [-0.2, 0) is 4.79 Å². The minimum absolute atomic E-state index is 0.0416. The monoisotopic (exact) mass is 429 g/mol. The standard InChI is InChI=1S/C25H20ClN3O2/c1-31-20-9-5-6-17(14-20)21-15-22(30)27-25-23(21)24(16-10-12-18(26)13-11-16)28-29(25)19-7-3-2-4-8-19/h2-14,21H,15H2,1H3,(H,27,30). The molecule has 0 spiro atoms. The number of aromatic nitrogens is 2. The summed E-state index contributed by atoms with van der Waals surface area (Å²) in [6, 6.07) is 25.3. The third kappa shape index (κ3) is 3.57. The van der Waals surface area contributed by atoms with Crippen molar-refractivity contribution in [2.45, 2.75) is 12.3 Å². The lowest BCUT2D eigenvalue weighted by Gasteiger charge is -2.25. The number of rotatable bonds is 4. The highest BCUT2D eigenvalue weighted by Gasteiger charge is 2.34. The molecule has 1 N–H and O–H groups in total. The third-order valence-electron chi connectivity index (χ3n) is 5.53. The van der Waals surface area contributed by atoms with Gasteiger partial charge in [-0.25, -0.2) is 4.68 Å². The van der Waals surface area contributed by atoms with Crippen molar-refractivity contribution in [3.05, 3.63) is 95.0 Å². The van der Waals surface area contributed by atoms with Crippen molar-refractivity contribution in [1.82, 2.24) is 9.78 Å². The van der Waals surface area contributed by atoms with Gasteiger partial charge in [-0.2, -0.15) is 5.10 Å². The molecule has 1 aliphatic heterocycles. The van der Waals surface area contributed by atoms with E-state index in [1.165, 1.54) is 0 Å². The molecule has 2 heterocycles. The molecule has 5 nitrogen and oxygen atoms in total. The topological polar surface area (TPSA) is 56.1 Å². The van der Waals surface area contributed by atoms with Crippen LogP contribution < -0.4 is 10.1 Å². The predicted molar refractivity (Wildman–Crippen MR) is 122 cm³/mol. The van der Waals surface area contributed by atoms with E-state index in [1.807, 2.05) is 83.5 Å². The Morgan fingerprint density at radius 1 is 1.03 bits per heavy atom. The Labute approximate surface area is 185 Å². The summed E-state index contributed by atoms with van der Waals surface area (Å²) in [6.07, 6.45) is 0.335. The molecule has 154 valence electrons. The maximum atomic E-state index is 12.7. The Balaban J connectivity index is 1.76. The first-order valence-corrected chi connectivity index (χ1v) is 10.4. The number of ether oxygens (including phenoxy) is 1. The molecule has 0 fully saturated rings. The third-order valence-corrected chi connectivity index (χ3v) is 5.78. The van der Waals surface area contributed by atoms with Crippen LogP contribution in [0, 0.1) is 0 Å². The number of fused-ring (bicyclic) bond motifs is 1. The van der Waals surface area contributed by atoms with Gasteiger partial charge in [0.15, 0.2) is 0 Å². The zero-order valence-electron chi connectivity index (χ0n) is 16.9. The number of halogens is 1. The van der Waals surface area contributed by atoms with Gasteiger partial charge in [0, 0.05) is 28.5 Å². The fourth-order valence-corrected chi connectivity index (χ4v) is 4.20. The minimum Gasteiger partial charge on any atom is -0.497 e. The number of hydrogen-bond donors (Lipinski definition) is 1.